The summed E-state index contributed by atoms with van der Waals surface area (Å²) in [6.45, 7) is 5.99. The Kier molecular flexibility index (Phi) is 5.43. The van der Waals surface area contributed by atoms with Crippen LogP contribution < -0.4 is 0 Å². The number of carbonyl (C=O) groups excluding carboxylic acids is 1. The van der Waals surface area contributed by atoms with Gasteiger partial charge in [-0.25, -0.2) is 9.48 Å². The molecule has 0 radical (unpaired) electrons. The number of aryl methyl sites for hydroxylation is 2. The second kappa shape index (κ2) is 6.61. The van der Waals surface area contributed by atoms with E-state index in [1.165, 1.54) is 0 Å². The largest absolute Gasteiger partial charge is 0.521 e. The molecule has 1 aromatic rings. The smallest absolute Gasteiger partial charge is 0.434 e. The van der Waals surface area contributed by atoms with E-state index >= 15 is 0 Å². The van der Waals surface area contributed by atoms with Crippen LogP contribution in [0.25, 0.3) is 0 Å². The van der Waals surface area contributed by atoms with Crippen molar-refractivity contribution in [1.82, 2.24) is 9.78 Å². The topological polar surface area (TPSA) is 53.4 Å². The zero-order valence-corrected chi connectivity index (χ0v) is 11.6. The molecule has 5 nitrogen and oxygen atoms in total. The number of hydrogen-bond donors (Lipinski definition) is 0. The van der Waals surface area contributed by atoms with Gasteiger partial charge in [-0.15, -0.1) is 0 Å². The Hall–Kier alpha value is -1.08. The van der Waals surface area contributed by atoms with E-state index in [0.717, 1.165) is 29.9 Å². The van der Waals surface area contributed by atoms with Crippen molar-refractivity contribution in [2.45, 2.75) is 27.2 Å². The number of carbonyl (C=O) groups is 1. The van der Waals surface area contributed by atoms with Crippen LogP contribution in [0.1, 0.15) is 24.7 Å². The number of thiocarbonyl (C=S) groups is 1. The second-order valence-corrected chi connectivity index (χ2v) is 4.74. The molecule has 1 aromatic heterocycles. The highest BCUT2D eigenvalue weighted by Gasteiger charge is 2.11. The van der Waals surface area contributed by atoms with Gasteiger partial charge < -0.3 is 8.92 Å². The van der Waals surface area contributed by atoms with E-state index in [9.17, 15) is 4.79 Å². The van der Waals surface area contributed by atoms with Crippen molar-refractivity contribution in [1.29, 1.82) is 0 Å². The maximum atomic E-state index is 11.1. The third kappa shape index (κ3) is 4.35. The molecule has 0 spiro atoms. The lowest BCUT2D eigenvalue weighted by Gasteiger charge is -2.05. The van der Waals surface area contributed by atoms with Gasteiger partial charge in [0.05, 0.1) is 12.3 Å². The Balaban J connectivity index is 2.45. The maximum absolute atomic E-state index is 11.1. The molecular weight excluding hydrogens is 260 g/mol. The van der Waals surface area contributed by atoms with Crippen LogP contribution in [0.15, 0.2) is 6.07 Å². The first kappa shape index (κ1) is 14.0. The van der Waals surface area contributed by atoms with E-state index in [-0.39, 0.29) is 0 Å². The predicted octanol–water partition coefficient (Wildman–Crippen LogP) is 2.84. The third-order valence-electron chi connectivity index (χ3n) is 1.79. The molecule has 0 aliphatic rings. The number of hydrogen-bond acceptors (Lipinski definition) is 6. The highest BCUT2D eigenvalue weighted by Crippen LogP contribution is 2.13. The van der Waals surface area contributed by atoms with E-state index in [4.69, 9.17) is 21.1 Å². The van der Waals surface area contributed by atoms with Crippen LogP contribution in [0, 0.1) is 13.8 Å². The summed E-state index contributed by atoms with van der Waals surface area (Å²) in [4.78, 5) is 11.1. The molecule has 0 aliphatic carbocycles. The minimum Gasteiger partial charge on any atom is -0.434 e. The normalized spacial score (nSPS) is 10.1. The highest BCUT2D eigenvalue weighted by atomic mass is 32.2. The average Bonchev–Trinajstić information content (AvgIpc) is 2.62. The van der Waals surface area contributed by atoms with Gasteiger partial charge in [-0.05, 0) is 38.6 Å². The molecule has 7 heteroatoms. The lowest BCUT2D eigenvalue weighted by molar-refractivity contribution is 0.107. The monoisotopic (exact) mass is 274 g/mol. The van der Waals surface area contributed by atoms with E-state index < -0.39 is 6.16 Å². The van der Waals surface area contributed by atoms with E-state index in [2.05, 4.69) is 5.10 Å². The molecule has 0 unspecified atom stereocenters. The first-order chi connectivity index (χ1) is 8.04. The van der Waals surface area contributed by atoms with Gasteiger partial charge in [0, 0.05) is 5.69 Å². The lowest BCUT2D eigenvalue weighted by Crippen LogP contribution is -2.12. The standard InChI is InChI=1S/C10H14N2O3S2/c1-4-5-14-10(13)15-17-9(16)12-8(3)6-7(2)11-12/h6H,4-5H2,1-3H3. The Bertz CT molecular complexity index is 418. The summed E-state index contributed by atoms with van der Waals surface area (Å²) in [5.74, 6) is 0. The Morgan fingerprint density at radius 3 is 2.82 bits per heavy atom. The van der Waals surface area contributed by atoms with Crippen molar-refractivity contribution in [3.05, 3.63) is 17.5 Å². The van der Waals surface area contributed by atoms with Crippen LogP contribution in [0.5, 0.6) is 0 Å². The molecule has 0 aliphatic heterocycles. The summed E-state index contributed by atoms with van der Waals surface area (Å²) in [5.41, 5.74) is 1.75. The summed E-state index contributed by atoms with van der Waals surface area (Å²) >= 11 is 5.86. The third-order valence-corrected chi connectivity index (χ3v) is 2.70. The Morgan fingerprint density at radius 2 is 2.29 bits per heavy atom. The molecule has 0 atom stereocenters. The first-order valence-electron chi connectivity index (χ1n) is 5.13. The van der Waals surface area contributed by atoms with Gasteiger partial charge in [0.2, 0.25) is 4.32 Å². The molecule has 0 saturated carbocycles. The Morgan fingerprint density at radius 1 is 1.59 bits per heavy atom. The van der Waals surface area contributed by atoms with Crippen LogP contribution in [-0.4, -0.2) is 26.9 Å². The molecule has 94 valence electrons. The molecule has 17 heavy (non-hydrogen) atoms. The van der Waals surface area contributed by atoms with E-state index in [0.29, 0.717) is 10.9 Å². The fourth-order valence-corrected chi connectivity index (χ4v) is 1.86. The molecule has 0 aromatic carbocycles. The van der Waals surface area contributed by atoms with Gasteiger partial charge in [-0.3, -0.25) is 0 Å². The zero-order chi connectivity index (χ0) is 12.8. The summed E-state index contributed by atoms with van der Waals surface area (Å²) in [7, 11) is 0. The van der Waals surface area contributed by atoms with Crippen LogP contribution in [0.3, 0.4) is 0 Å². The van der Waals surface area contributed by atoms with Gasteiger partial charge in [-0.1, -0.05) is 6.92 Å². The quantitative estimate of drug-likeness (QED) is 0.469. The molecule has 0 saturated heterocycles. The second-order valence-electron chi connectivity index (χ2n) is 3.37. The number of ether oxygens (including phenoxy) is 1. The minimum absolute atomic E-state index is 0.339. The van der Waals surface area contributed by atoms with Gasteiger partial charge in [0.1, 0.15) is 12.0 Å². The minimum atomic E-state index is -0.735. The summed E-state index contributed by atoms with van der Waals surface area (Å²) < 4.78 is 11.4. The molecule has 0 fully saturated rings. The highest BCUT2D eigenvalue weighted by molar-refractivity contribution is 8.20. The van der Waals surface area contributed by atoms with Crippen LogP contribution in [-0.2, 0) is 8.92 Å². The van der Waals surface area contributed by atoms with Crippen molar-refractivity contribution in [3.8, 4) is 0 Å². The Labute approximate surface area is 110 Å². The fraction of sp³-hybridized carbons (Fsp3) is 0.500. The first-order valence-corrected chi connectivity index (χ1v) is 6.28. The van der Waals surface area contributed by atoms with E-state index in [1.54, 1.807) is 4.68 Å². The van der Waals surface area contributed by atoms with Crippen molar-refractivity contribution >= 4 is 34.7 Å². The molecular formula is C10H14N2O3S2. The van der Waals surface area contributed by atoms with Gasteiger partial charge >= 0.3 is 6.16 Å². The molecule has 1 rings (SSSR count). The molecule has 1 heterocycles. The number of rotatable bonds is 2. The van der Waals surface area contributed by atoms with Gasteiger partial charge in [0.25, 0.3) is 0 Å². The number of aromatic nitrogens is 2. The maximum Gasteiger partial charge on any atom is 0.521 e. The number of nitrogens with zero attached hydrogens (tertiary/aromatic N) is 2. The zero-order valence-electron chi connectivity index (χ0n) is 9.93. The summed E-state index contributed by atoms with van der Waals surface area (Å²) in [5, 5.41) is 4.17. The fourth-order valence-electron chi connectivity index (χ4n) is 1.13. The van der Waals surface area contributed by atoms with Gasteiger partial charge in [0.15, 0.2) is 0 Å². The summed E-state index contributed by atoms with van der Waals surface area (Å²) in [6, 6.07) is 1.89. The van der Waals surface area contributed by atoms with Crippen molar-refractivity contribution in [2.24, 2.45) is 0 Å². The molecule has 0 N–H and O–H groups in total. The van der Waals surface area contributed by atoms with Gasteiger partial charge in [-0.2, -0.15) is 5.10 Å². The predicted molar refractivity (Wildman–Crippen MR) is 70.0 cm³/mol. The van der Waals surface area contributed by atoms with Crippen molar-refractivity contribution < 1.29 is 13.7 Å². The van der Waals surface area contributed by atoms with Crippen LogP contribution in [0.2, 0.25) is 0 Å². The lowest BCUT2D eigenvalue weighted by atomic mass is 10.4. The van der Waals surface area contributed by atoms with Crippen LogP contribution in [0.4, 0.5) is 4.79 Å². The van der Waals surface area contributed by atoms with Crippen LogP contribution >= 0.6 is 24.3 Å². The average molecular weight is 274 g/mol. The SMILES string of the molecule is CCCOC(=O)OSC(=S)n1nc(C)cc1C. The molecule has 0 amide bonds. The van der Waals surface area contributed by atoms with Crippen molar-refractivity contribution in [2.75, 3.05) is 6.61 Å². The van der Waals surface area contributed by atoms with Crippen molar-refractivity contribution in [3.63, 3.8) is 0 Å². The van der Waals surface area contributed by atoms with E-state index in [1.807, 2.05) is 26.8 Å². The summed E-state index contributed by atoms with van der Waals surface area (Å²) in [6.07, 6.45) is 0.0162. The molecule has 0 bridgehead atoms.